The maximum atomic E-state index is 13.4. The average Bonchev–Trinajstić information content (AvgIpc) is 2.87. The fourth-order valence-electron chi connectivity index (χ4n) is 4.65. The summed E-state index contributed by atoms with van der Waals surface area (Å²) in [4.78, 5) is 26.6. The molecule has 210 valence electrons. The van der Waals surface area contributed by atoms with E-state index in [4.69, 9.17) is 9.47 Å². The first-order valence-electron chi connectivity index (χ1n) is 13.9. The van der Waals surface area contributed by atoms with Gasteiger partial charge in [0.15, 0.2) is 6.10 Å². The molecule has 0 bridgehead atoms. The number of amides is 2. The number of hydrogen-bond donors (Lipinski definition) is 2. The molecule has 2 rings (SSSR count). The zero-order valence-corrected chi connectivity index (χ0v) is 24.0. The van der Waals surface area contributed by atoms with Crippen molar-refractivity contribution in [1.29, 1.82) is 0 Å². The summed E-state index contributed by atoms with van der Waals surface area (Å²) in [6, 6.07) is 11.4. The first-order valence-corrected chi connectivity index (χ1v) is 13.9. The topological polar surface area (TPSA) is 88.1 Å². The smallest absolute Gasteiger partial charge is 0.333 e. The van der Waals surface area contributed by atoms with Crippen molar-refractivity contribution in [3.8, 4) is 5.75 Å². The third-order valence-corrected chi connectivity index (χ3v) is 6.86. The van der Waals surface area contributed by atoms with E-state index in [1.54, 1.807) is 6.92 Å². The van der Waals surface area contributed by atoms with Gasteiger partial charge in [0.05, 0.1) is 6.54 Å². The lowest BCUT2D eigenvalue weighted by Gasteiger charge is -2.28. The number of urea groups is 1. The monoisotopic (exact) mass is 526 g/mol. The van der Waals surface area contributed by atoms with Gasteiger partial charge in [-0.25, -0.2) is 9.59 Å². The Morgan fingerprint density at radius 2 is 1.58 bits per heavy atom. The lowest BCUT2D eigenvalue weighted by Crippen LogP contribution is -2.41. The largest absolute Gasteiger partial charge is 0.492 e. The number of ether oxygens (including phenoxy) is 2. The van der Waals surface area contributed by atoms with Crippen molar-refractivity contribution in [2.75, 3.05) is 31.6 Å². The van der Waals surface area contributed by atoms with Crippen LogP contribution < -0.4 is 10.1 Å². The molecule has 0 aliphatic heterocycles. The third kappa shape index (κ3) is 10.0. The van der Waals surface area contributed by atoms with Crippen LogP contribution in [0.25, 0.3) is 0 Å². The van der Waals surface area contributed by atoms with Crippen LogP contribution in [0.4, 0.5) is 10.5 Å². The maximum Gasteiger partial charge on any atom is 0.333 e. The van der Waals surface area contributed by atoms with Gasteiger partial charge < -0.3 is 24.8 Å². The summed E-state index contributed by atoms with van der Waals surface area (Å²) in [5, 5.41) is 12.4. The summed E-state index contributed by atoms with van der Waals surface area (Å²) in [5.74, 6) is 0.162. The molecule has 7 heteroatoms. The summed E-state index contributed by atoms with van der Waals surface area (Å²) >= 11 is 0. The van der Waals surface area contributed by atoms with Crippen LogP contribution in [0.1, 0.15) is 68.7 Å². The van der Waals surface area contributed by atoms with E-state index in [9.17, 15) is 14.7 Å². The lowest BCUT2D eigenvalue weighted by molar-refractivity contribution is -0.149. The van der Waals surface area contributed by atoms with Gasteiger partial charge in [-0.05, 0) is 86.9 Å². The van der Waals surface area contributed by atoms with Crippen molar-refractivity contribution < 1.29 is 24.2 Å². The van der Waals surface area contributed by atoms with E-state index in [1.807, 2.05) is 42.2 Å². The van der Waals surface area contributed by atoms with Crippen molar-refractivity contribution in [2.45, 2.75) is 79.8 Å². The van der Waals surface area contributed by atoms with Crippen LogP contribution >= 0.6 is 0 Å². The van der Waals surface area contributed by atoms with Gasteiger partial charge in [-0.2, -0.15) is 0 Å². The van der Waals surface area contributed by atoms with E-state index in [-0.39, 0.29) is 6.03 Å². The number of carbonyl (C=O) groups is 2. The molecule has 2 aromatic rings. The first-order chi connectivity index (χ1) is 18.2. The van der Waals surface area contributed by atoms with E-state index < -0.39 is 12.1 Å². The maximum absolute atomic E-state index is 13.4. The number of aryl methyl sites for hydroxylation is 3. The van der Waals surface area contributed by atoms with Gasteiger partial charge in [0, 0.05) is 25.3 Å². The molecule has 0 saturated heterocycles. The molecular formula is C31H46N2O5. The number of carboxylic acid groups (broad SMARTS) is 1. The average molecular weight is 527 g/mol. The summed E-state index contributed by atoms with van der Waals surface area (Å²) in [6.07, 6.45) is 3.78. The van der Waals surface area contributed by atoms with Crippen LogP contribution in [0.5, 0.6) is 5.75 Å². The van der Waals surface area contributed by atoms with Crippen molar-refractivity contribution in [2.24, 2.45) is 5.92 Å². The molecule has 1 atom stereocenters. The Kier molecular flexibility index (Phi) is 13.1. The SMILES string of the molecule is CCCC(CCC)CN(CCOc1ccc(CC(OCC)C(=O)O)cc1)C(=O)Nc1cc(C)c(C)cc1C. The van der Waals surface area contributed by atoms with Crippen molar-refractivity contribution in [1.82, 2.24) is 4.90 Å². The molecule has 0 aromatic heterocycles. The lowest BCUT2D eigenvalue weighted by atomic mass is 9.98. The third-order valence-electron chi connectivity index (χ3n) is 6.86. The summed E-state index contributed by atoms with van der Waals surface area (Å²) in [5.41, 5.74) is 5.11. The van der Waals surface area contributed by atoms with E-state index in [1.165, 1.54) is 5.56 Å². The molecule has 1 unspecified atom stereocenters. The predicted octanol–water partition coefficient (Wildman–Crippen LogP) is 6.77. The Balaban J connectivity index is 2.06. The minimum Gasteiger partial charge on any atom is -0.492 e. The Bertz CT molecular complexity index is 1020. The second-order valence-corrected chi connectivity index (χ2v) is 10.0. The minimum atomic E-state index is -0.967. The standard InChI is InChI=1S/C31H46N2O5/c1-7-10-26(11-8-2)21-33(31(36)32-28-19-23(5)22(4)18-24(28)6)16-17-38-27-14-12-25(13-15-27)20-29(30(34)35)37-9-3/h12-15,18-19,26,29H,7-11,16-17,20-21H2,1-6H3,(H,32,36)(H,34,35). The molecule has 0 aliphatic rings. The number of carbonyl (C=O) groups excluding carboxylic acids is 1. The molecule has 0 saturated carbocycles. The van der Waals surface area contributed by atoms with Crippen LogP contribution in [-0.2, 0) is 16.0 Å². The Hall–Kier alpha value is -3.06. The van der Waals surface area contributed by atoms with E-state index >= 15 is 0 Å². The van der Waals surface area contributed by atoms with Gasteiger partial charge in [-0.15, -0.1) is 0 Å². The van der Waals surface area contributed by atoms with Gasteiger partial charge in [0.25, 0.3) is 0 Å². The number of rotatable bonds is 16. The van der Waals surface area contributed by atoms with E-state index in [0.29, 0.717) is 44.4 Å². The second kappa shape index (κ2) is 16.0. The quantitative estimate of drug-likeness (QED) is 0.252. The van der Waals surface area contributed by atoms with Gasteiger partial charge in [-0.3, -0.25) is 0 Å². The van der Waals surface area contributed by atoms with E-state index in [2.05, 4.69) is 39.1 Å². The molecule has 2 aromatic carbocycles. The predicted molar refractivity (Wildman–Crippen MR) is 153 cm³/mol. The van der Waals surface area contributed by atoms with Crippen molar-refractivity contribution in [3.05, 3.63) is 58.7 Å². The van der Waals surface area contributed by atoms with Gasteiger partial charge in [0.1, 0.15) is 12.4 Å². The molecule has 0 heterocycles. The highest BCUT2D eigenvalue weighted by atomic mass is 16.5. The number of nitrogens with zero attached hydrogens (tertiary/aromatic N) is 1. The second-order valence-electron chi connectivity index (χ2n) is 10.0. The van der Waals surface area contributed by atoms with Crippen molar-refractivity contribution in [3.63, 3.8) is 0 Å². The molecule has 0 fully saturated rings. The fraction of sp³-hybridized carbons (Fsp3) is 0.548. The summed E-state index contributed by atoms with van der Waals surface area (Å²) in [7, 11) is 0. The fourth-order valence-corrected chi connectivity index (χ4v) is 4.65. The number of carboxylic acids is 1. The number of anilines is 1. The zero-order chi connectivity index (χ0) is 28.1. The van der Waals surface area contributed by atoms with Crippen LogP contribution in [0.2, 0.25) is 0 Å². The summed E-state index contributed by atoms with van der Waals surface area (Å²) in [6.45, 7) is 14.2. The molecule has 0 spiro atoms. The number of aliphatic carboxylic acids is 1. The normalized spacial score (nSPS) is 11.9. The molecule has 38 heavy (non-hydrogen) atoms. The molecule has 0 radical (unpaired) electrons. The highest BCUT2D eigenvalue weighted by Crippen LogP contribution is 2.22. The first kappa shape index (κ1) is 31.2. The van der Waals surface area contributed by atoms with Crippen LogP contribution in [0.3, 0.4) is 0 Å². The zero-order valence-electron chi connectivity index (χ0n) is 24.0. The Morgan fingerprint density at radius 3 is 2.16 bits per heavy atom. The van der Waals surface area contributed by atoms with E-state index in [0.717, 1.165) is 48.1 Å². The number of nitrogens with one attached hydrogen (secondary N) is 1. The van der Waals surface area contributed by atoms with Crippen LogP contribution in [0.15, 0.2) is 36.4 Å². The number of hydrogen-bond acceptors (Lipinski definition) is 4. The van der Waals surface area contributed by atoms with Gasteiger partial charge in [-0.1, -0.05) is 44.9 Å². The molecule has 0 aliphatic carbocycles. The Morgan fingerprint density at radius 1 is 0.947 bits per heavy atom. The van der Waals surface area contributed by atoms with Gasteiger partial charge >= 0.3 is 12.0 Å². The molecule has 2 amide bonds. The Labute approximate surface area is 228 Å². The van der Waals surface area contributed by atoms with Gasteiger partial charge in [0.2, 0.25) is 0 Å². The highest BCUT2D eigenvalue weighted by Gasteiger charge is 2.20. The molecule has 7 nitrogen and oxygen atoms in total. The molecular weight excluding hydrogens is 480 g/mol. The highest BCUT2D eigenvalue weighted by molar-refractivity contribution is 5.90. The van der Waals surface area contributed by atoms with Crippen LogP contribution in [-0.4, -0.2) is 54.4 Å². The summed E-state index contributed by atoms with van der Waals surface area (Å²) < 4.78 is 11.3. The minimum absolute atomic E-state index is 0.108. The number of benzene rings is 2. The van der Waals surface area contributed by atoms with Crippen molar-refractivity contribution >= 4 is 17.7 Å². The van der Waals surface area contributed by atoms with Crippen LogP contribution in [0, 0.1) is 26.7 Å². The molecule has 2 N–H and O–H groups in total.